The molecule has 4 heteroatoms. The number of aliphatic imine (C=N–C) groups is 1. The molecule has 4 nitrogen and oxygen atoms in total. The Morgan fingerprint density at radius 3 is 2.41 bits per heavy atom. The van der Waals surface area contributed by atoms with Crippen LogP contribution in [0.3, 0.4) is 0 Å². The minimum Gasteiger partial charge on any atom is -0.479 e. The monoisotopic (exact) mass is 231 g/mol. The minimum atomic E-state index is -0.0182. The van der Waals surface area contributed by atoms with Crippen molar-refractivity contribution in [1.82, 2.24) is 0 Å². The van der Waals surface area contributed by atoms with E-state index in [2.05, 4.69) is 4.99 Å². The van der Waals surface area contributed by atoms with E-state index in [9.17, 15) is 4.79 Å². The summed E-state index contributed by atoms with van der Waals surface area (Å²) in [6, 6.07) is 0. The van der Waals surface area contributed by atoms with Crippen LogP contribution in [-0.4, -0.2) is 32.1 Å². The molecule has 0 aromatic carbocycles. The van der Waals surface area contributed by atoms with Crippen LogP contribution in [0.15, 0.2) is 4.99 Å². The second kappa shape index (κ2) is 1.82. The van der Waals surface area contributed by atoms with Gasteiger partial charge in [0.1, 0.15) is 6.61 Å². The van der Waals surface area contributed by atoms with E-state index in [0.29, 0.717) is 23.2 Å². The van der Waals surface area contributed by atoms with Crippen molar-refractivity contribution in [3.05, 3.63) is 0 Å². The lowest BCUT2D eigenvalue weighted by Gasteiger charge is -3.09. The minimum absolute atomic E-state index is 0.0182. The highest BCUT2D eigenvalue weighted by Crippen LogP contribution is 3.10. The Kier molecular flexibility index (Phi) is 0.869. The summed E-state index contributed by atoms with van der Waals surface area (Å²) in [4.78, 5) is 16.5. The van der Waals surface area contributed by atoms with E-state index in [1.54, 1.807) is 0 Å². The van der Waals surface area contributed by atoms with Crippen LogP contribution in [0.4, 0.5) is 0 Å². The number of esters is 1. The van der Waals surface area contributed by atoms with Gasteiger partial charge in [0, 0.05) is 0 Å². The van der Waals surface area contributed by atoms with Gasteiger partial charge in [0.05, 0.1) is 24.5 Å². The number of methoxy groups -OCH3 is 1. The van der Waals surface area contributed by atoms with Crippen LogP contribution >= 0.6 is 0 Å². The lowest BCUT2D eigenvalue weighted by molar-refractivity contribution is -0.624. The molecular formula is C13H13NO3. The SMILES string of the molecule is COC(=O)C12C3C4C1C1C2C3C41C1=NCCO1. The van der Waals surface area contributed by atoms with Gasteiger partial charge in [0.25, 0.3) is 0 Å². The van der Waals surface area contributed by atoms with Gasteiger partial charge in [0.15, 0.2) is 5.90 Å². The standard InChI is InChI=1S/C13H13NO3/c1-16-11(15)13-7-4-8(13)6-9(13)5(7)12(4,6)10-14-2-3-17-10/h4-9H,2-3H2,1H3. The summed E-state index contributed by atoms with van der Waals surface area (Å²) in [6.45, 7) is 1.61. The predicted octanol–water partition coefficient (Wildman–Crippen LogP) is 0.326. The van der Waals surface area contributed by atoms with Crippen LogP contribution in [-0.2, 0) is 14.3 Å². The average Bonchev–Trinajstić information content (AvgIpc) is 2.91. The molecule has 0 unspecified atom stereocenters. The molecule has 6 saturated carbocycles. The molecule has 0 bridgehead atoms. The number of carbonyl (C=O) groups excluding carboxylic acids is 1. The summed E-state index contributed by atoms with van der Waals surface area (Å²) >= 11 is 0. The number of carbonyl (C=O) groups is 1. The van der Waals surface area contributed by atoms with Crippen molar-refractivity contribution in [1.29, 1.82) is 0 Å². The Hall–Kier alpha value is -1.06. The molecule has 6 fully saturated rings. The van der Waals surface area contributed by atoms with E-state index in [4.69, 9.17) is 9.47 Å². The third kappa shape index (κ3) is 0.391. The van der Waals surface area contributed by atoms with Crippen molar-refractivity contribution < 1.29 is 14.3 Å². The van der Waals surface area contributed by atoms with E-state index >= 15 is 0 Å². The zero-order valence-corrected chi connectivity index (χ0v) is 9.55. The van der Waals surface area contributed by atoms with Crippen molar-refractivity contribution in [3.8, 4) is 0 Å². The highest BCUT2D eigenvalue weighted by atomic mass is 16.5. The van der Waals surface area contributed by atoms with Crippen LogP contribution < -0.4 is 0 Å². The highest BCUT2D eigenvalue weighted by molar-refractivity contribution is 5.99. The van der Waals surface area contributed by atoms with E-state index in [0.717, 1.165) is 36.8 Å². The molecule has 6 aliphatic carbocycles. The van der Waals surface area contributed by atoms with E-state index < -0.39 is 0 Å². The number of rotatable bonds is 2. The molecule has 0 aromatic heterocycles. The Morgan fingerprint density at radius 2 is 1.94 bits per heavy atom. The first-order valence-electron chi connectivity index (χ1n) is 6.58. The highest BCUT2D eigenvalue weighted by Gasteiger charge is 3.13. The fraction of sp³-hybridized carbons (Fsp3) is 0.846. The van der Waals surface area contributed by atoms with Crippen molar-refractivity contribution >= 4 is 11.9 Å². The van der Waals surface area contributed by atoms with Gasteiger partial charge in [-0.1, -0.05) is 0 Å². The van der Waals surface area contributed by atoms with E-state index in [1.165, 1.54) is 7.11 Å². The third-order valence-electron chi connectivity index (χ3n) is 7.13. The lowest BCUT2D eigenvalue weighted by Crippen LogP contribution is -3.12. The smallest absolute Gasteiger partial charge is 0.312 e. The molecule has 7 aliphatic rings. The summed E-state index contributed by atoms with van der Waals surface area (Å²) in [7, 11) is 1.53. The number of nitrogens with zero attached hydrogens (tertiary/aromatic N) is 1. The summed E-state index contributed by atoms with van der Waals surface area (Å²) < 4.78 is 10.7. The Labute approximate surface area is 98.4 Å². The molecule has 1 heterocycles. The van der Waals surface area contributed by atoms with Gasteiger partial charge < -0.3 is 9.47 Å². The molecule has 0 amide bonds. The van der Waals surface area contributed by atoms with E-state index in [-0.39, 0.29) is 11.4 Å². The molecule has 0 N–H and O–H groups in total. The fourth-order valence-electron chi connectivity index (χ4n) is 7.14. The van der Waals surface area contributed by atoms with Gasteiger partial charge in [-0.05, 0) is 35.5 Å². The van der Waals surface area contributed by atoms with Crippen LogP contribution in [0.25, 0.3) is 0 Å². The predicted molar refractivity (Wildman–Crippen MR) is 56.1 cm³/mol. The van der Waals surface area contributed by atoms with Gasteiger partial charge in [-0.3, -0.25) is 9.79 Å². The van der Waals surface area contributed by atoms with Gasteiger partial charge in [0.2, 0.25) is 0 Å². The van der Waals surface area contributed by atoms with Gasteiger partial charge in [-0.15, -0.1) is 0 Å². The maximum absolute atomic E-state index is 11.9. The maximum Gasteiger partial charge on any atom is 0.312 e. The first kappa shape index (κ1) is 8.11. The second-order valence-corrected chi connectivity index (χ2v) is 6.55. The third-order valence-corrected chi connectivity index (χ3v) is 7.13. The Morgan fingerprint density at radius 1 is 1.29 bits per heavy atom. The van der Waals surface area contributed by atoms with Crippen LogP contribution in [0.2, 0.25) is 0 Å². The van der Waals surface area contributed by atoms with E-state index in [1.807, 2.05) is 0 Å². The number of ether oxygens (including phenoxy) is 2. The molecule has 0 saturated heterocycles. The number of hydrogen-bond donors (Lipinski definition) is 0. The molecule has 88 valence electrons. The van der Waals surface area contributed by atoms with Gasteiger partial charge >= 0.3 is 5.97 Å². The summed E-state index contributed by atoms with van der Waals surface area (Å²) in [5, 5.41) is 0. The molecule has 17 heavy (non-hydrogen) atoms. The summed E-state index contributed by atoms with van der Waals surface area (Å²) in [5.74, 6) is 5.17. The van der Waals surface area contributed by atoms with Crippen LogP contribution in [0.1, 0.15) is 0 Å². The largest absolute Gasteiger partial charge is 0.479 e. The molecule has 0 spiro atoms. The summed E-state index contributed by atoms with van der Waals surface area (Å²) in [5.41, 5.74) is 0.307. The van der Waals surface area contributed by atoms with Crippen LogP contribution in [0, 0.1) is 46.3 Å². The fourth-order valence-corrected chi connectivity index (χ4v) is 7.14. The zero-order chi connectivity index (χ0) is 11.2. The topological polar surface area (TPSA) is 47.9 Å². The number of hydrogen-bond acceptors (Lipinski definition) is 4. The summed E-state index contributed by atoms with van der Waals surface area (Å²) in [6.07, 6.45) is 0. The zero-order valence-electron chi connectivity index (χ0n) is 9.55. The lowest BCUT2D eigenvalue weighted by atomic mass is 8.92. The molecular weight excluding hydrogens is 218 g/mol. The normalized spacial score (nSPS) is 69.4. The molecule has 1 aliphatic heterocycles. The first-order valence-corrected chi connectivity index (χ1v) is 6.58. The second-order valence-electron chi connectivity index (χ2n) is 6.55. The van der Waals surface area contributed by atoms with Crippen LogP contribution in [0.5, 0.6) is 0 Å². The van der Waals surface area contributed by atoms with Crippen molar-refractivity contribution in [3.63, 3.8) is 0 Å². The maximum atomic E-state index is 11.9. The van der Waals surface area contributed by atoms with Gasteiger partial charge in [-0.25, -0.2) is 0 Å². The Bertz CT molecular complexity index is 483. The van der Waals surface area contributed by atoms with Crippen molar-refractivity contribution in [2.24, 2.45) is 51.3 Å². The molecule has 0 atom stereocenters. The molecule has 0 radical (unpaired) electrons. The van der Waals surface area contributed by atoms with Crippen molar-refractivity contribution in [2.75, 3.05) is 20.3 Å². The molecule has 7 rings (SSSR count). The Balaban J connectivity index is 1.42. The average molecular weight is 231 g/mol. The van der Waals surface area contributed by atoms with Crippen molar-refractivity contribution in [2.45, 2.75) is 0 Å². The van der Waals surface area contributed by atoms with Gasteiger partial charge in [-0.2, -0.15) is 0 Å². The molecule has 0 aromatic rings. The quantitative estimate of drug-likeness (QED) is 0.643. The first-order chi connectivity index (χ1) is 8.32.